The summed E-state index contributed by atoms with van der Waals surface area (Å²) < 4.78 is 66.8. The number of nitrogens with zero attached hydrogens (tertiary/aromatic N) is 9. The summed E-state index contributed by atoms with van der Waals surface area (Å²) in [4.78, 5) is 14.0. The average Bonchev–Trinajstić information content (AvgIpc) is 3.68. The van der Waals surface area contributed by atoms with Crippen molar-refractivity contribution in [2.75, 3.05) is 19.7 Å². The van der Waals surface area contributed by atoms with Crippen LogP contribution < -0.4 is 4.74 Å². The van der Waals surface area contributed by atoms with Crippen LogP contribution in [0.5, 0.6) is 5.88 Å². The molecule has 1 atom stereocenters. The van der Waals surface area contributed by atoms with Crippen molar-refractivity contribution < 1.29 is 27.0 Å². The maximum atomic E-state index is 14.3. The average molecular weight is 649 g/mol. The fourth-order valence-corrected chi connectivity index (χ4v) is 5.75. The Morgan fingerprint density at radius 3 is 2.55 bits per heavy atom. The molecule has 4 aromatic heterocycles. The van der Waals surface area contributed by atoms with Gasteiger partial charge in [-0.15, -0.1) is 20.4 Å². The molecule has 5 aromatic rings. The molecule has 6 heterocycles. The van der Waals surface area contributed by atoms with Gasteiger partial charge < -0.3 is 19.0 Å². The van der Waals surface area contributed by atoms with E-state index in [1.54, 1.807) is 18.2 Å². The number of alkyl halides is 3. The van der Waals surface area contributed by atoms with Crippen molar-refractivity contribution in [3.63, 3.8) is 0 Å². The van der Waals surface area contributed by atoms with Crippen molar-refractivity contribution in [1.29, 1.82) is 5.26 Å². The highest BCUT2D eigenvalue weighted by molar-refractivity contribution is 5.75. The molecule has 1 N–H and O–H groups in total. The van der Waals surface area contributed by atoms with Gasteiger partial charge in [0.15, 0.2) is 11.5 Å². The molecule has 242 valence electrons. The zero-order valence-corrected chi connectivity index (χ0v) is 24.9. The second-order valence-corrected chi connectivity index (χ2v) is 11.5. The molecule has 12 nitrogen and oxygen atoms in total. The highest BCUT2D eigenvalue weighted by Gasteiger charge is 2.36. The molecule has 1 unspecified atom stereocenters. The van der Waals surface area contributed by atoms with Gasteiger partial charge in [-0.3, -0.25) is 4.90 Å². The zero-order valence-electron chi connectivity index (χ0n) is 24.9. The van der Waals surface area contributed by atoms with Crippen molar-refractivity contribution in [2.24, 2.45) is 0 Å². The smallest absolute Gasteiger partial charge is 0.451 e. The van der Waals surface area contributed by atoms with Gasteiger partial charge in [-0.25, -0.2) is 14.4 Å². The van der Waals surface area contributed by atoms with Crippen LogP contribution in [0.4, 0.5) is 17.6 Å². The van der Waals surface area contributed by atoms with E-state index in [1.165, 1.54) is 12.1 Å². The molecule has 2 fully saturated rings. The fourth-order valence-electron chi connectivity index (χ4n) is 5.75. The summed E-state index contributed by atoms with van der Waals surface area (Å²) in [6.45, 7) is 3.34. The summed E-state index contributed by atoms with van der Waals surface area (Å²) in [6.07, 6.45) is -2.02. The van der Waals surface area contributed by atoms with E-state index in [2.05, 4.69) is 35.3 Å². The summed E-state index contributed by atoms with van der Waals surface area (Å²) >= 11 is 0. The van der Waals surface area contributed by atoms with E-state index in [0.717, 1.165) is 43.9 Å². The highest BCUT2D eigenvalue weighted by Crippen LogP contribution is 2.31. The molecule has 0 bridgehead atoms. The van der Waals surface area contributed by atoms with Crippen molar-refractivity contribution in [2.45, 2.75) is 57.2 Å². The SMILES string of the molecule is N#Cc1ccc(COc2cccc(C3CCN(Cc4nc5cc(-c6nnc(C(F)(F)F)[nH]6)nnc5n4CC4CCO4)CC3)n2)c(F)c1. The van der Waals surface area contributed by atoms with Crippen LogP contribution in [0.1, 0.15) is 53.7 Å². The number of benzene rings is 1. The summed E-state index contributed by atoms with van der Waals surface area (Å²) in [7, 11) is 0. The number of H-pyrrole nitrogens is 1. The van der Waals surface area contributed by atoms with Crippen molar-refractivity contribution in [1.82, 2.24) is 44.8 Å². The van der Waals surface area contributed by atoms with E-state index in [-0.39, 0.29) is 35.7 Å². The second kappa shape index (κ2) is 12.6. The number of piperidine rings is 1. The van der Waals surface area contributed by atoms with E-state index >= 15 is 0 Å². The maximum Gasteiger partial charge on any atom is 0.451 e. The molecule has 0 radical (unpaired) electrons. The summed E-state index contributed by atoms with van der Waals surface area (Å²) in [5.74, 6) is -0.474. The number of nitriles is 1. The maximum absolute atomic E-state index is 14.3. The molecule has 0 aliphatic carbocycles. The minimum Gasteiger partial charge on any atom is -0.473 e. The number of likely N-dealkylation sites (tertiary alicyclic amines) is 1. The number of rotatable bonds is 9. The predicted octanol–water partition coefficient (Wildman–Crippen LogP) is 4.78. The largest absolute Gasteiger partial charge is 0.473 e. The van der Waals surface area contributed by atoms with E-state index in [9.17, 15) is 17.6 Å². The van der Waals surface area contributed by atoms with Crippen LogP contribution >= 0.6 is 0 Å². The summed E-state index contributed by atoms with van der Waals surface area (Å²) in [5.41, 5.74) is 2.62. The lowest BCUT2D eigenvalue weighted by molar-refractivity contribution is -0.144. The molecule has 16 heteroatoms. The van der Waals surface area contributed by atoms with Crippen molar-refractivity contribution >= 4 is 11.2 Å². The number of fused-ring (bicyclic) bond motifs is 1. The molecule has 7 rings (SSSR count). The van der Waals surface area contributed by atoms with Gasteiger partial charge in [-0.2, -0.15) is 18.4 Å². The number of aromatic nitrogens is 8. The Bertz CT molecular complexity index is 1940. The van der Waals surface area contributed by atoms with Gasteiger partial charge in [0.05, 0.1) is 30.8 Å². The molecule has 2 aliphatic heterocycles. The summed E-state index contributed by atoms with van der Waals surface area (Å²) in [5, 5.41) is 24.2. The molecule has 2 aliphatic rings. The molecule has 0 spiro atoms. The van der Waals surface area contributed by atoms with Crippen LogP contribution in [0.3, 0.4) is 0 Å². The molecule has 2 saturated heterocycles. The monoisotopic (exact) mass is 648 g/mol. The number of halogens is 4. The Labute approximate surface area is 265 Å². The molecular weight excluding hydrogens is 620 g/mol. The Kier molecular flexibility index (Phi) is 8.24. The van der Waals surface area contributed by atoms with Gasteiger partial charge in [-0.05, 0) is 56.6 Å². The first-order valence-electron chi connectivity index (χ1n) is 15.1. The normalized spacial score (nSPS) is 17.5. The minimum absolute atomic E-state index is 0.00178. The van der Waals surface area contributed by atoms with Gasteiger partial charge in [0, 0.05) is 29.8 Å². The first-order valence-corrected chi connectivity index (χ1v) is 15.1. The first kappa shape index (κ1) is 30.6. The van der Waals surface area contributed by atoms with Gasteiger partial charge >= 0.3 is 6.18 Å². The third kappa shape index (κ3) is 6.62. The summed E-state index contributed by atoms with van der Waals surface area (Å²) in [6, 6.07) is 13.3. The predicted molar refractivity (Wildman–Crippen MR) is 157 cm³/mol. The second-order valence-electron chi connectivity index (χ2n) is 11.5. The number of hydrogen-bond acceptors (Lipinski definition) is 10. The Balaban J connectivity index is 1.02. The van der Waals surface area contributed by atoms with Crippen LogP contribution in [0.15, 0.2) is 42.5 Å². The van der Waals surface area contributed by atoms with Gasteiger partial charge in [0.1, 0.15) is 29.5 Å². The first-order chi connectivity index (χ1) is 22.7. The van der Waals surface area contributed by atoms with Gasteiger partial charge in [0.2, 0.25) is 11.7 Å². The van der Waals surface area contributed by atoms with E-state index < -0.39 is 17.8 Å². The molecule has 1 aromatic carbocycles. The number of pyridine rings is 1. The van der Waals surface area contributed by atoms with Crippen LogP contribution in [-0.2, 0) is 30.6 Å². The molecule has 47 heavy (non-hydrogen) atoms. The molecule has 0 amide bonds. The van der Waals surface area contributed by atoms with E-state index in [4.69, 9.17) is 19.7 Å². The van der Waals surface area contributed by atoms with Crippen LogP contribution in [0.25, 0.3) is 22.7 Å². The minimum atomic E-state index is -4.66. The van der Waals surface area contributed by atoms with Crippen LogP contribution in [0.2, 0.25) is 0 Å². The number of hydrogen-bond donors (Lipinski definition) is 1. The Morgan fingerprint density at radius 1 is 1.02 bits per heavy atom. The van der Waals surface area contributed by atoms with Crippen LogP contribution in [0, 0.1) is 17.1 Å². The zero-order chi connectivity index (χ0) is 32.5. The standard InChI is InChI=1S/C31H28F4N10O2/c32-22-12-18(14-36)4-5-20(22)17-47-27-3-1-2-23(38-27)19-6-9-44(10-7-19)16-26-37-25-13-24(28-39-30(43-41-28)31(33,34)35)40-42-29(25)45(26)15-21-8-11-46-21/h1-5,12-13,19,21H,6-11,15-17H2,(H,39,41,43). The molecular formula is C31H28F4N10O2. The quantitative estimate of drug-likeness (QED) is 0.222. The highest BCUT2D eigenvalue weighted by atomic mass is 19.4. The number of nitrogens with one attached hydrogen (secondary N) is 1. The lowest BCUT2D eigenvalue weighted by atomic mass is 9.93. The Hall–Kier alpha value is -5.01. The lowest BCUT2D eigenvalue weighted by Crippen LogP contribution is -2.35. The number of imidazole rings is 1. The number of ether oxygens (including phenoxy) is 2. The van der Waals surface area contributed by atoms with E-state index in [1.807, 2.05) is 22.8 Å². The van der Waals surface area contributed by atoms with Gasteiger partial charge in [0.25, 0.3) is 0 Å². The number of aromatic amines is 1. The third-order valence-electron chi connectivity index (χ3n) is 8.42. The van der Waals surface area contributed by atoms with Crippen molar-refractivity contribution in [3.8, 4) is 23.5 Å². The molecule has 0 saturated carbocycles. The topological polar surface area (TPSA) is 144 Å². The lowest BCUT2D eigenvalue weighted by Gasteiger charge is -2.32. The van der Waals surface area contributed by atoms with Crippen LogP contribution in [-0.4, -0.2) is 70.6 Å². The fraction of sp³-hybridized carbons (Fsp3) is 0.387. The van der Waals surface area contributed by atoms with Crippen molar-refractivity contribution in [3.05, 3.63) is 76.8 Å². The van der Waals surface area contributed by atoms with E-state index in [0.29, 0.717) is 42.3 Å². The van der Waals surface area contributed by atoms with Gasteiger partial charge in [-0.1, -0.05) is 12.1 Å². The Morgan fingerprint density at radius 2 is 1.85 bits per heavy atom. The third-order valence-corrected chi connectivity index (χ3v) is 8.42.